The normalized spacial score (nSPS) is 15.3. The van der Waals surface area contributed by atoms with Crippen LogP contribution in [0.3, 0.4) is 0 Å². The number of thiophene rings is 1. The summed E-state index contributed by atoms with van der Waals surface area (Å²) in [6.07, 6.45) is 1.75. The van der Waals surface area contributed by atoms with E-state index >= 15 is 0 Å². The Labute approximate surface area is 128 Å². The van der Waals surface area contributed by atoms with Crippen molar-refractivity contribution < 1.29 is 4.79 Å². The maximum atomic E-state index is 12.5. The smallest absolute Gasteiger partial charge is 0.255 e. The third-order valence-corrected chi connectivity index (χ3v) is 4.63. The fraction of sp³-hybridized carbons (Fsp3) is 0.333. The van der Waals surface area contributed by atoms with Gasteiger partial charge in [-0.1, -0.05) is 0 Å². The van der Waals surface area contributed by atoms with Crippen LogP contribution in [-0.2, 0) is 0 Å². The number of carbonyl (C=O) groups is 1. The quantitative estimate of drug-likeness (QED) is 0.921. The SMILES string of the molecule is Cc1cscc1C(=O)N1CCN(c2ncccc2N)CC1. The molecule has 5 nitrogen and oxygen atoms in total. The van der Waals surface area contributed by atoms with E-state index in [1.54, 1.807) is 17.5 Å². The number of anilines is 2. The lowest BCUT2D eigenvalue weighted by Crippen LogP contribution is -2.49. The fourth-order valence-electron chi connectivity index (χ4n) is 2.54. The van der Waals surface area contributed by atoms with Crippen LogP contribution >= 0.6 is 11.3 Å². The van der Waals surface area contributed by atoms with Crippen molar-refractivity contribution >= 4 is 28.7 Å². The Morgan fingerprint density at radius 2 is 2.05 bits per heavy atom. The van der Waals surface area contributed by atoms with E-state index in [4.69, 9.17) is 5.73 Å². The molecule has 2 aromatic rings. The van der Waals surface area contributed by atoms with Gasteiger partial charge in [-0.3, -0.25) is 4.79 Å². The topological polar surface area (TPSA) is 62.5 Å². The predicted octanol–water partition coefficient (Wildman–Crippen LogP) is 2.00. The lowest BCUT2D eigenvalue weighted by Gasteiger charge is -2.35. The van der Waals surface area contributed by atoms with Crippen molar-refractivity contribution in [3.63, 3.8) is 0 Å². The molecule has 0 aromatic carbocycles. The standard InChI is InChI=1S/C15H18N4OS/c1-11-9-21-10-12(11)15(20)19-7-5-18(6-8-19)14-13(16)3-2-4-17-14/h2-4,9-10H,5-8,16H2,1H3. The van der Waals surface area contributed by atoms with E-state index in [-0.39, 0.29) is 5.91 Å². The average Bonchev–Trinajstić information content (AvgIpc) is 2.93. The number of amides is 1. The monoisotopic (exact) mass is 302 g/mol. The van der Waals surface area contributed by atoms with Crippen LogP contribution in [0.4, 0.5) is 11.5 Å². The molecule has 0 unspecified atom stereocenters. The molecule has 3 rings (SSSR count). The number of hydrogen-bond donors (Lipinski definition) is 1. The molecule has 1 aliphatic rings. The lowest BCUT2D eigenvalue weighted by atomic mass is 10.2. The van der Waals surface area contributed by atoms with Crippen molar-refractivity contribution in [3.8, 4) is 0 Å². The molecule has 110 valence electrons. The van der Waals surface area contributed by atoms with Crippen LogP contribution in [0.1, 0.15) is 15.9 Å². The Morgan fingerprint density at radius 1 is 1.29 bits per heavy atom. The van der Waals surface area contributed by atoms with E-state index in [9.17, 15) is 4.79 Å². The van der Waals surface area contributed by atoms with Crippen LogP contribution in [0.15, 0.2) is 29.1 Å². The fourth-order valence-corrected chi connectivity index (χ4v) is 3.37. The van der Waals surface area contributed by atoms with Gasteiger partial charge in [0.05, 0.1) is 11.3 Å². The highest BCUT2D eigenvalue weighted by atomic mass is 32.1. The first-order valence-corrected chi connectivity index (χ1v) is 7.88. The lowest BCUT2D eigenvalue weighted by molar-refractivity contribution is 0.0746. The maximum Gasteiger partial charge on any atom is 0.255 e. The summed E-state index contributed by atoms with van der Waals surface area (Å²) in [5.74, 6) is 0.943. The molecule has 21 heavy (non-hydrogen) atoms. The largest absolute Gasteiger partial charge is 0.396 e. The van der Waals surface area contributed by atoms with E-state index in [1.165, 1.54) is 0 Å². The van der Waals surface area contributed by atoms with Gasteiger partial charge in [-0.25, -0.2) is 4.98 Å². The molecule has 2 aromatic heterocycles. The van der Waals surface area contributed by atoms with E-state index < -0.39 is 0 Å². The van der Waals surface area contributed by atoms with Crippen LogP contribution in [0.25, 0.3) is 0 Å². The number of hydrogen-bond acceptors (Lipinski definition) is 5. The molecule has 2 N–H and O–H groups in total. The van der Waals surface area contributed by atoms with Crippen LogP contribution in [0.2, 0.25) is 0 Å². The second-order valence-corrected chi connectivity index (χ2v) is 5.91. The summed E-state index contributed by atoms with van der Waals surface area (Å²) in [5, 5.41) is 3.94. The van der Waals surface area contributed by atoms with Gasteiger partial charge in [0.1, 0.15) is 0 Å². The summed E-state index contributed by atoms with van der Waals surface area (Å²) in [6.45, 7) is 4.90. The molecule has 1 amide bonds. The molecular formula is C15H18N4OS. The average molecular weight is 302 g/mol. The van der Waals surface area contributed by atoms with Gasteiger partial charge in [-0.15, -0.1) is 0 Å². The van der Waals surface area contributed by atoms with E-state index in [1.807, 2.05) is 34.7 Å². The number of nitrogens with zero attached hydrogens (tertiary/aromatic N) is 3. The van der Waals surface area contributed by atoms with Crippen molar-refractivity contribution in [2.75, 3.05) is 36.8 Å². The third-order valence-electron chi connectivity index (χ3n) is 3.77. The summed E-state index contributed by atoms with van der Waals surface area (Å²) in [6, 6.07) is 3.69. The molecule has 0 atom stereocenters. The molecule has 1 aliphatic heterocycles. The minimum absolute atomic E-state index is 0.127. The Morgan fingerprint density at radius 3 is 2.67 bits per heavy atom. The summed E-state index contributed by atoms with van der Waals surface area (Å²) >= 11 is 1.57. The van der Waals surface area contributed by atoms with E-state index in [2.05, 4.69) is 9.88 Å². The summed E-state index contributed by atoms with van der Waals surface area (Å²) in [5.41, 5.74) is 8.53. The van der Waals surface area contributed by atoms with Gasteiger partial charge in [-0.05, 0) is 30.0 Å². The van der Waals surface area contributed by atoms with Crippen LogP contribution in [0, 0.1) is 6.92 Å². The third kappa shape index (κ3) is 2.71. The summed E-state index contributed by atoms with van der Waals surface area (Å²) in [4.78, 5) is 20.8. The predicted molar refractivity (Wildman–Crippen MR) is 85.8 cm³/mol. The van der Waals surface area contributed by atoms with Gasteiger partial charge in [-0.2, -0.15) is 11.3 Å². The zero-order valence-electron chi connectivity index (χ0n) is 12.0. The second-order valence-electron chi connectivity index (χ2n) is 5.16. The number of pyridine rings is 1. The molecule has 6 heteroatoms. The van der Waals surface area contributed by atoms with Gasteiger partial charge in [0, 0.05) is 37.8 Å². The Balaban J connectivity index is 1.67. The highest BCUT2D eigenvalue weighted by molar-refractivity contribution is 7.08. The van der Waals surface area contributed by atoms with E-state index in [0.29, 0.717) is 18.8 Å². The highest BCUT2D eigenvalue weighted by Gasteiger charge is 2.24. The number of rotatable bonds is 2. The molecule has 0 bridgehead atoms. The Hall–Kier alpha value is -2.08. The van der Waals surface area contributed by atoms with Crippen molar-refractivity contribution in [1.82, 2.24) is 9.88 Å². The first-order valence-electron chi connectivity index (χ1n) is 6.94. The number of aromatic nitrogens is 1. The molecule has 0 spiro atoms. The minimum Gasteiger partial charge on any atom is -0.396 e. The van der Waals surface area contributed by atoms with E-state index in [0.717, 1.165) is 30.0 Å². The summed E-state index contributed by atoms with van der Waals surface area (Å²) in [7, 11) is 0. The molecule has 1 fully saturated rings. The molecule has 0 aliphatic carbocycles. The number of nitrogens with two attached hydrogens (primary N) is 1. The number of carbonyl (C=O) groups excluding carboxylic acids is 1. The van der Waals surface area contributed by atoms with Gasteiger partial charge < -0.3 is 15.5 Å². The zero-order chi connectivity index (χ0) is 14.8. The Bertz CT molecular complexity index is 647. The van der Waals surface area contributed by atoms with Gasteiger partial charge in [0.25, 0.3) is 5.91 Å². The minimum atomic E-state index is 0.127. The maximum absolute atomic E-state index is 12.5. The molecule has 3 heterocycles. The molecule has 0 radical (unpaired) electrons. The second kappa shape index (κ2) is 5.73. The zero-order valence-corrected chi connectivity index (χ0v) is 12.8. The van der Waals surface area contributed by atoms with Gasteiger partial charge >= 0.3 is 0 Å². The number of nitrogen functional groups attached to an aromatic ring is 1. The molecular weight excluding hydrogens is 284 g/mol. The van der Waals surface area contributed by atoms with Crippen molar-refractivity contribution in [2.45, 2.75) is 6.92 Å². The Kier molecular flexibility index (Phi) is 3.79. The molecule has 1 saturated heterocycles. The highest BCUT2D eigenvalue weighted by Crippen LogP contribution is 2.22. The van der Waals surface area contributed by atoms with Gasteiger partial charge in [0.15, 0.2) is 5.82 Å². The first-order chi connectivity index (χ1) is 10.2. The summed E-state index contributed by atoms with van der Waals surface area (Å²) < 4.78 is 0. The number of piperazine rings is 1. The van der Waals surface area contributed by atoms with Crippen LogP contribution < -0.4 is 10.6 Å². The van der Waals surface area contributed by atoms with Crippen LogP contribution in [-0.4, -0.2) is 42.0 Å². The van der Waals surface area contributed by atoms with Crippen molar-refractivity contribution in [1.29, 1.82) is 0 Å². The van der Waals surface area contributed by atoms with Crippen molar-refractivity contribution in [2.24, 2.45) is 0 Å². The molecule has 0 saturated carbocycles. The van der Waals surface area contributed by atoms with Crippen molar-refractivity contribution in [3.05, 3.63) is 40.2 Å². The first kappa shape index (κ1) is 13.9. The van der Waals surface area contributed by atoms with Gasteiger partial charge in [0.2, 0.25) is 0 Å². The number of aryl methyl sites for hydroxylation is 1. The van der Waals surface area contributed by atoms with Crippen LogP contribution in [0.5, 0.6) is 0 Å².